The molecule has 9 rings (SSSR count). The van der Waals surface area contributed by atoms with Gasteiger partial charge in [0.15, 0.2) is 5.82 Å². The van der Waals surface area contributed by atoms with E-state index in [0.29, 0.717) is 5.82 Å². The molecule has 0 amide bonds. The van der Waals surface area contributed by atoms with Crippen LogP contribution < -0.4 is 0 Å². The van der Waals surface area contributed by atoms with Crippen LogP contribution in [0.3, 0.4) is 0 Å². The highest BCUT2D eigenvalue weighted by molar-refractivity contribution is 6.03. The largest absolute Gasteiger partial charge is 0.254 e. The number of benzene rings is 4. The number of pyridine rings is 4. The Kier molecular flexibility index (Phi) is 5.99. The van der Waals surface area contributed by atoms with Gasteiger partial charge in [0.05, 0.1) is 33.5 Å². The van der Waals surface area contributed by atoms with E-state index in [9.17, 15) is 0 Å². The van der Waals surface area contributed by atoms with E-state index in [-0.39, 0.29) is 0 Å². The van der Waals surface area contributed by atoms with Crippen molar-refractivity contribution in [2.24, 2.45) is 0 Å². The van der Waals surface area contributed by atoms with Crippen molar-refractivity contribution in [3.05, 3.63) is 140 Å². The average molecular weight is 590 g/mol. The standard InChI is InChI=1S/C39H23N7/c1-2-27-8-9-28-12-15-33(46-38(28)37(27)41-19-1)25-5-3-24(4-6-25)32-17-14-31-20-29(13-16-34(31)44-32)30-10-7-26-11-18-35(45-36(26)21-30)39-42-22-40-23-43-39/h1-23H. The monoisotopic (exact) mass is 589 g/mol. The molecular weight excluding hydrogens is 566 g/mol. The highest BCUT2D eigenvalue weighted by atomic mass is 15.0. The maximum atomic E-state index is 5.00. The van der Waals surface area contributed by atoms with Gasteiger partial charge in [0, 0.05) is 38.9 Å². The molecule has 7 nitrogen and oxygen atoms in total. The minimum Gasteiger partial charge on any atom is -0.254 e. The van der Waals surface area contributed by atoms with Crippen molar-refractivity contribution in [2.75, 3.05) is 0 Å². The van der Waals surface area contributed by atoms with Crippen molar-refractivity contribution >= 4 is 43.6 Å². The van der Waals surface area contributed by atoms with E-state index < -0.39 is 0 Å². The highest BCUT2D eigenvalue weighted by Crippen LogP contribution is 2.31. The second-order valence-corrected chi connectivity index (χ2v) is 11.2. The fraction of sp³-hybridized carbons (Fsp3) is 0. The third-order valence-electron chi connectivity index (χ3n) is 8.35. The molecule has 5 aromatic heterocycles. The Balaban J connectivity index is 1.01. The van der Waals surface area contributed by atoms with E-state index in [1.165, 1.54) is 12.7 Å². The molecule has 0 aliphatic rings. The molecule has 0 unspecified atom stereocenters. The number of rotatable bonds is 4. The van der Waals surface area contributed by atoms with Crippen LogP contribution in [0.1, 0.15) is 0 Å². The molecule has 0 N–H and O–H groups in total. The van der Waals surface area contributed by atoms with Gasteiger partial charge >= 0.3 is 0 Å². The molecule has 0 saturated carbocycles. The molecule has 0 radical (unpaired) electrons. The van der Waals surface area contributed by atoms with Gasteiger partial charge in [0.2, 0.25) is 0 Å². The second kappa shape index (κ2) is 10.6. The quantitative estimate of drug-likeness (QED) is 0.190. The summed E-state index contributed by atoms with van der Waals surface area (Å²) in [4.78, 5) is 31.8. The zero-order valence-corrected chi connectivity index (χ0v) is 24.4. The zero-order valence-electron chi connectivity index (χ0n) is 24.4. The van der Waals surface area contributed by atoms with Gasteiger partial charge in [-0.15, -0.1) is 0 Å². The molecule has 4 aromatic carbocycles. The van der Waals surface area contributed by atoms with Crippen LogP contribution in [-0.2, 0) is 0 Å². The minimum atomic E-state index is 0.557. The average Bonchev–Trinajstić information content (AvgIpc) is 3.14. The molecule has 9 aromatic rings. The van der Waals surface area contributed by atoms with Gasteiger partial charge in [-0.3, -0.25) is 4.98 Å². The van der Waals surface area contributed by atoms with Crippen LogP contribution in [0.2, 0.25) is 0 Å². The molecule has 5 heterocycles. The first-order valence-electron chi connectivity index (χ1n) is 14.9. The number of hydrogen-bond acceptors (Lipinski definition) is 7. The van der Waals surface area contributed by atoms with Crippen molar-refractivity contribution in [1.29, 1.82) is 0 Å². The number of aromatic nitrogens is 7. The SMILES string of the molecule is c1cnc2c(c1)ccc1ccc(-c3ccc(-c4ccc5cc(-c6ccc7ccc(-c8ncncn8)nc7c6)ccc5n4)cc3)nc12. The summed E-state index contributed by atoms with van der Waals surface area (Å²) in [7, 11) is 0. The first-order chi connectivity index (χ1) is 22.7. The Labute approximate surface area is 263 Å². The molecule has 0 saturated heterocycles. The van der Waals surface area contributed by atoms with Crippen molar-refractivity contribution in [1.82, 2.24) is 34.9 Å². The lowest BCUT2D eigenvalue weighted by Gasteiger charge is -2.09. The predicted octanol–water partition coefficient (Wildman–Crippen LogP) is 8.73. The molecule has 46 heavy (non-hydrogen) atoms. The third kappa shape index (κ3) is 4.58. The summed E-state index contributed by atoms with van der Waals surface area (Å²) in [6, 6.07) is 41.7. The summed E-state index contributed by atoms with van der Waals surface area (Å²) >= 11 is 0. The molecule has 7 heteroatoms. The lowest BCUT2D eigenvalue weighted by molar-refractivity contribution is 1.05. The van der Waals surface area contributed by atoms with Gasteiger partial charge in [0.1, 0.15) is 18.3 Å². The maximum absolute atomic E-state index is 5.00. The number of hydrogen-bond donors (Lipinski definition) is 0. The highest BCUT2D eigenvalue weighted by Gasteiger charge is 2.10. The topological polar surface area (TPSA) is 90.2 Å². The van der Waals surface area contributed by atoms with Gasteiger partial charge in [-0.25, -0.2) is 29.9 Å². The Morgan fingerprint density at radius 2 is 0.957 bits per heavy atom. The fourth-order valence-corrected chi connectivity index (χ4v) is 5.95. The molecule has 0 aliphatic carbocycles. The van der Waals surface area contributed by atoms with Gasteiger partial charge in [-0.2, -0.15) is 0 Å². The van der Waals surface area contributed by atoms with Crippen LogP contribution in [0.25, 0.3) is 88.8 Å². The first-order valence-corrected chi connectivity index (χ1v) is 14.9. The van der Waals surface area contributed by atoms with Gasteiger partial charge in [-0.1, -0.05) is 78.9 Å². The Bertz CT molecular complexity index is 2580. The second-order valence-electron chi connectivity index (χ2n) is 11.2. The summed E-state index contributed by atoms with van der Waals surface area (Å²) in [5.41, 5.74) is 10.5. The molecule has 0 spiro atoms. The van der Waals surface area contributed by atoms with E-state index in [1.54, 1.807) is 0 Å². The van der Waals surface area contributed by atoms with Crippen molar-refractivity contribution < 1.29 is 0 Å². The molecular formula is C39H23N7. The first kappa shape index (κ1) is 26.0. The van der Waals surface area contributed by atoms with Crippen molar-refractivity contribution in [3.8, 4) is 45.2 Å². The fourth-order valence-electron chi connectivity index (χ4n) is 5.95. The van der Waals surface area contributed by atoms with E-state index in [0.717, 1.165) is 82.9 Å². The minimum absolute atomic E-state index is 0.557. The molecule has 214 valence electrons. The lowest BCUT2D eigenvalue weighted by atomic mass is 10.0. The van der Waals surface area contributed by atoms with Crippen LogP contribution in [-0.4, -0.2) is 34.9 Å². The summed E-state index contributed by atoms with van der Waals surface area (Å²) in [6.07, 6.45) is 4.79. The van der Waals surface area contributed by atoms with E-state index in [2.05, 4.69) is 123 Å². The van der Waals surface area contributed by atoms with Crippen molar-refractivity contribution in [3.63, 3.8) is 0 Å². The normalized spacial score (nSPS) is 11.5. The predicted molar refractivity (Wildman–Crippen MR) is 183 cm³/mol. The summed E-state index contributed by atoms with van der Waals surface area (Å²) in [5.74, 6) is 0.557. The van der Waals surface area contributed by atoms with E-state index in [1.807, 2.05) is 24.4 Å². The summed E-state index contributed by atoms with van der Waals surface area (Å²) < 4.78 is 0. The summed E-state index contributed by atoms with van der Waals surface area (Å²) in [6.45, 7) is 0. The summed E-state index contributed by atoms with van der Waals surface area (Å²) in [5, 5.41) is 4.30. The van der Waals surface area contributed by atoms with Crippen LogP contribution in [0.5, 0.6) is 0 Å². The Morgan fingerprint density at radius 3 is 1.78 bits per heavy atom. The number of fused-ring (bicyclic) bond motifs is 5. The molecule has 0 fully saturated rings. The van der Waals surface area contributed by atoms with E-state index in [4.69, 9.17) is 15.0 Å². The van der Waals surface area contributed by atoms with Crippen LogP contribution in [0.15, 0.2) is 140 Å². The number of nitrogens with zero attached hydrogens (tertiary/aromatic N) is 7. The Hall–Kier alpha value is -6.47. The van der Waals surface area contributed by atoms with Gasteiger partial charge in [-0.05, 0) is 53.6 Å². The van der Waals surface area contributed by atoms with Crippen molar-refractivity contribution in [2.45, 2.75) is 0 Å². The zero-order chi connectivity index (χ0) is 30.5. The maximum Gasteiger partial charge on any atom is 0.181 e. The Morgan fingerprint density at radius 1 is 0.370 bits per heavy atom. The van der Waals surface area contributed by atoms with Gasteiger partial charge in [0.25, 0.3) is 0 Å². The molecule has 0 bridgehead atoms. The van der Waals surface area contributed by atoms with Gasteiger partial charge < -0.3 is 0 Å². The molecule has 0 aliphatic heterocycles. The lowest BCUT2D eigenvalue weighted by Crippen LogP contribution is -1.92. The molecule has 0 atom stereocenters. The van der Waals surface area contributed by atoms with Crippen LogP contribution >= 0.6 is 0 Å². The van der Waals surface area contributed by atoms with Crippen LogP contribution in [0.4, 0.5) is 0 Å². The third-order valence-corrected chi connectivity index (χ3v) is 8.35. The van der Waals surface area contributed by atoms with E-state index >= 15 is 0 Å². The van der Waals surface area contributed by atoms with Crippen LogP contribution in [0, 0.1) is 0 Å². The smallest absolute Gasteiger partial charge is 0.181 e.